The second kappa shape index (κ2) is 5.97. The normalized spacial score (nSPS) is 10.1. The summed E-state index contributed by atoms with van der Waals surface area (Å²) in [5, 5.41) is 0. The van der Waals surface area contributed by atoms with E-state index in [-0.39, 0.29) is 5.56 Å². The summed E-state index contributed by atoms with van der Waals surface area (Å²) in [5.74, 6) is 0.517. The average Bonchev–Trinajstić information content (AvgIpc) is 2.46. The Labute approximate surface area is 117 Å². The minimum Gasteiger partial charge on any atom is -0.497 e. The van der Waals surface area contributed by atoms with E-state index in [0.717, 1.165) is 11.3 Å². The number of rotatable bonds is 5. The Bertz CT molecular complexity index is 609. The first-order chi connectivity index (χ1) is 9.61. The van der Waals surface area contributed by atoms with Crippen LogP contribution in [0.5, 0.6) is 11.5 Å². The predicted octanol–water partition coefficient (Wildman–Crippen LogP) is 1.96. The molecule has 0 atom stereocenters. The van der Waals surface area contributed by atoms with Crippen molar-refractivity contribution >= 4 is 11.6 Å². The van der Waals surface area contributed by atoms with Crippen molar-refractivity contribution < 1.29 is 14.3 Å². The van der Waals surface area contributed by atoms with Gasteiger partial charge in [0.2, 0.25) is 0 Å². The van der Waals surface area contributed by atoms with E-state index < -0.39 is 5.91 Å². The molecular weight excluding hydrogens is 256 g/mol. The summed E-state index contributed by atoms with van der Waals surface area (Å²) in [6.45, 7) is 0.290. The van der Waals surface area contributed by atoms with E-state index in [1.807, 2.05) is 24.3 Å². The topological polar surface area (TPSA) is 87.6 Å². The van der Waals surface area contributed by atoms with E-state index in [2.05, 4.69) is 0 Å². The van der Waals surface area contributed by atoms with Crippen molar-refractivity contribution in [2.24, 2.45) is 5.73 Å². The lowest BCUT2D eigenvalue weighted by Crippen LogP contribution is -2.14. The molecule has 0 bridgehead atoms. The number of carbonyl (C=O) groups is 1. The van der Waals surface area contributed by atoms with Crippen LogP contribution < -0.4 is 20.9 Å². The third-order valence-corrected chi connectivity index (χ3v) is 2.85. The molecule has 0 heterocycles. The third-order valence-electron chi connectivity index (χ3n) is 2.85. The number of para-hydroxylation sites is 1. The Balaban J connectivity index is 2.16. The van der Waals surface area contributed by atoms with Gasteiger partial charge in [-0.25, -0.2) is 0 Å². The van der Waals surface area contributed by atoms with Crippen LogP contribution in [0.25, 0.3) is 0 Å². The lowest BCUT2D eigenvalue weighted by Gasteiger charge is -2.12. The molecule has 20 heavy (non-hydrogen) atoms. The lowest BCUT2D eigenvalue weighted by molar-refractivity contribution is 0.0996. The number of methoxy groups -OCH3 is 1. The smallest absolute Gasteiger partial charge is 0.252 e. The van der Waals surface area contributed by atoms with Crippen LogP contribution in [0.2, 0.25) is 0 Å². The quantitative estimate of drug-likeness (QED) is 0.814. The maximum Gasteiger partial charge on any atom is 0.252 e. The molecule has 0 saturated carbocycles. The van der Waals surface area contributed by atoms with Crippen LogP contribution in [0, 0.1) is 0 Å². The van der Waals surface area contributed by atoms with E-state index in [1.165, 1.54) is 0 Å². The molecule has 2 rings (SSSR count). The van der Waals surface area contributed by atoms with Crippen molar-refractivity contribution in [3.63, 3.8) is 0 Å². The van der Waals surface area contributed by atoms with Gasteiger partial charge in [-0.05, 0) is 29.8 Å². The SMILES string of the molecule is COc1ccc(COc2c(N)cccc2C(N)=O)cc1. The Kier molecular flexibility index (Phi) is 4.10. The standard InChI is InChI=1S/C15H16N2O3/c1-19-11-7-5-10(6-8-11)9-20-14-12(15(17)18)3-2-4-13(14)16/h2-8H,9,16H2,1H3,(H2,17,18). The number of amides is 1. The van der Waals surface area contributed by atoms with Crippen molar-refractivity contribution in [2.75, 3.05) is 12.8 Å². The highest BCUT2D eigenvalue weighted by Gasteiger charge is 2.12. The molecule has 4 N–H and O–H groups in total. The number of nitrogens with two attached hydrogens (primary N) is 2. The van der Waals surface area contributed by atoms with Crippen LogP contribution in [0.3, 0.4) is 0 Å². The number of primary amides is 1. The van der Waals surface area contributed by atoms with Crippen molar-refractivity contribution in [1.29, 1.82) is 0 Å². The molecule has 0 unspecified atom stereocenters. The molecule has 0 aromatic heterocycles. The minimum atomic E-state index is -0.568. The maximum absolute atomic E-state index is 11.3. The largest absolute Gasteiger partial charge is 0.497 e. The van der Waals surface area contributed by atoms with Crippen molar-refractivity contribution in [2.45, 2.75) is 6.61 Å². The Morgan fingerprint density at radius 1 is 1.15 bits per heavy atom. The van der Waals surface area contributed by atoms with Crippen LogP contribution in [0.1, 0.15) is 15.9 Å². The van der Waals surface area contributed by atoms with Gasteiger partial charge in [-0.2, -0.15) is 0 Å². The molecule has 1 amide bonds. The van der Waals surface area contributed by atoms with E-state index in [0.29, 0.717) is 18.0 Å². The fraction of sp³-hybridized carbons (Fsp3) is 0.133. The minimum absolute atomic E-state index is 0.276. The van der Waals surface area contributed by atoms with E-state index >= 15 is 0 Å². The summed E-state index contributed by atoms with van der Waals surface area (Å²) in [4.78, 5) is 11.3. The zero-order valence-corrected chi connectivity index (χ0v) is 11.1. The van der Waals surface area contributed by atoms with E-state index in [1.54, 1.807) is 25.3 Å². The molecule has 2 aromatic carbocycles. The van der Waals surface area contributed by atoms with Gasteiger partial charge in [0.15, 0.2) is 5.75 Å². The molecule has 2 aromatic rings. The molecule has 5 heteroatoms. The van der Waals surface area contributed by atoms with Gasteiger partial charge in [-0.1, -0.05) is 18.2 Å². The molecule has 0 aliphatic heterocycles. The molecular formula is C15H16N2O3. The molecule has 0 aliphatic rings. The number of carbonyl (C=O) groups excluding carboxylic acids is 1. The third kappa shape index (κ3) is 3.00. The summed E-state index contributed by atoms with van der Waals surface area (Å²) in [6.07, 6.45) is 0. The maximum atomic E-state index is 11.3. The number of hydrogen-bond acceptors (Lipinski definition) is 4. The fourth-order valence-corrected chi connectivity index (χ4v) is 1.79. The van der Waals surface area contributed by atoms with Crippen LogP contribution in [0.15, 0.2) is 42.5 Å². The first-order valence-corrected chi connectivity index (χ1v) is 6.06. The van der Waals surface area contributed by atoms with Gasteiger partial charge in [0.05, 0.1) is 18.4 Å². The van der Waals surface area contributed by atoms with Gasteiger partial charge in [-0.3, -0.25) is 4.79 Å². The summed E-state index contributed by atoms with van der Waals surface area (Å²) in [6, 6.07) is 12.3. The molecule has 0 spiro atoms. The molecule has 0 saturated heterocycles. The van der Waals surface area contributed by atoms with Crippen LogP contribution in [0.4, 0.5) is 5.69 Å². The van der Waals surface area contributed by atoms with Crippen LogP contribution >= 0.6 is 0 Å². The highest BCUT2D eigenvalue weighted by atomic mass is 16.5. The Hall–Kier alpha value is -2.69. The van der Waals surface area contributed by atoms with Gasteiger partial charge in [-0.15, -0.1) is 0 Å². The summed E-state index contributed by atoms with van der Waals surface area (Å²) in [7, 11) is 1.61. The highest BCUT2D eigenvalue weighted by Crippen LogP contribution is 2.27. The first-order valence-electron chi connectivity index (χ1n) is 6.06. The molecule has 0 fully saturated rings. The zero-order valence-electron chi connectivity index (χ0n) is 11.1. The average molecular weight is 272 g/mol. The fourth-order valence-electron chi connectivity index (χ4n) is 1.79. The monoisotopic (exact) mass is 272 g/mol. The number of anilines is 1. The molecule has 104 valence electrons. The van der Waals surface area contributed by atoms with Crippen molar-refractivity contribution in [3.05, 3.63) is 53.6 Å². The molecule has 5 nitrogen and oxygen atoms in total. The van der Waals surface area contributed by atoms with Crippen LogP contribution in [-0.2, 0) is 6.61 Å². The molecule has 0 aliphatic carbocycles. The summed E-state index contributed by atoms with van der Waals surface area (Å²) in [5.41, 5.74) is 12.7. The second-order valence-electron chi connectivity index (χ2n) is 4.22. The first kappa shape index (κ1) is 13.7. The number of nitrogen functional groups attached to an aromatic ring is 1. The number of hydrogen-bond donors (Lipinski definition) is 2. The predicted molar refractivity (Wildman–Crippen MR) is 76.7 cm³/mol. The molecule has 0 radical (unpaired) electrons. The van der Waals surface area contributed by atoms with Crippen molar-refractivity contribution in [3.8, 4) is 11.5 Å². The Morgan fingerprint density at radius 2 is 1.85 bits per heavy atom. The number of ether oxygens (including phenoxy) is 2. The number of benzene rings is 2. The van der Waals surface area contributed by atoms with Gasteiger partial charge in [0.1, 0.15) is 12.4 Å². The van der Waals surface area contributed by atoms with Gasteiger partial charge < -0.3 is 20.9 Å². The van der Waals surface area contributed by atoms with E-state index in [4.69, 9.17) is 20.9 Å². The van der Waals surface area contributed by atoms with Crippen LogP contribution in [-0.4, -0.2) is 13.0 Å². The van der Waals surface area contributed by atoms with Gasteiger partial charge >= 0.3 is 0 Å². The highest BCUT2D eigenvalue weighted by molar-refractivity contribution is 5.97. The van der Waals surface area contributed by atoms with Gasteiger partial charge in [0.25, 0.3) is 5.91 Å². The van der Waals surface area contributed by atoms with Gasteiger partial charge in [0, 0.05) is 0 Å². The van der Waals surface area contributed by atoms with Crippen molar-refractivity contribution in [1.82, 2.24) is 0 Å². The van der Waals surface area contributed by atoms with E-state index in [9.17, 15) is 4.79 Å². The Morgan fingerprint density at radius 3 is 2.45 bits per heavy atom. The lowest BCUT2D eigenvalue weighted by atomic mass is 10.1. The zero-order chi connectivity index (χ0) is 14.5. The summed E-state index contributed by atoms with van der Waals surface area (Å²) < 4.78 is 10.7. The summed E-state index contributed by atoms with van der Waals surface area (Å²) >= 11 is 0. The second-order valence-corrected chi connectivity index (χ2v) is 4.22.